The minimum atomic E-state index is -0.330. The topological polar surface area (TPSA) is 67.2 Å². The van der Waals surface area contributed by atoms with Gasteiger partial charge in [0.25, 0.3) is 5.56 Å². The van der Waals surface area contributed by atoms with Gasteiger partial charge in [-0.05, 0) is 47.5 Å². The molecular weight excluding hydrogens is 310 g/mol. The van der Waals surface area contributed by atoms with Crippen LogP contribution in [-0.4, -0.2) is 27.0 Å². The minimum Gasteiger partial charge on any atom is -0.394 e. The average Bonchev–Trinajstić information content (AvgIpc) is 2.42. The number of halogens is 1. The molecule has 0 amide bonds. The molecule has 0 radical (unpaired) electrons. The first-order chi connectivity index (χ1) is 8.97. The van der Waals surface area contributed by atoms with Crippen LogP contribution in [0.4, 0.5) is 5.69 Å². The standard InChI is InChI=1S/C13H20BrN3O2/c1-9-3-5-13(8-18,6-4-9)16-10-7-15-17(2)12(19)11(10)14/h7,9,16,18H,3-6,8H2,1-2H3. The van der Waals surface area contributed by atoms with E-state index in [1.54, 1.807) is 13.2 Å². The Labute approximate surface area is 121 Å². The zero-order valence-electron chi connectivity index (χ0n) is 11.3. The fourth-order valence-corrected chi connectivity index (χ4v) is 2.98. The van der Waals surface area contributed by atoms with Gasteiger partial charge in [0.15, 0.2) is 0 Å². The quantitative estimate of drug-likeness (QED) is 0.888. The molecule has 1 aromatic heterocycles. The molecule has 6 heteroatoms. The summed E-state index contributed by atoms with van der Waals surface area (Å²) in [7, 11) is 1.61. The van der Waals surface area contributed by atoms with Crippen molar-refractivity contribution in [3.05, 3.63) is 21.0 Å². The molecule has 5 nitrogen and oxygen atoms in total. The molecule has 1 aliphatic rings. The zero-order chi connectivity index (χ0) is 14.0. The van der Waals surface area contributed by atoms with Crippen molar-refractivity contribution in [3.8, 4) is 0 Å². The minimum absolute atomic E-state index is 0.0708. The number of nitrogens with one attached hydrogen (secondary N) is 1. The van der Waals surface area contributed by atoms with Crippen LogP contribution >= 0.6 is 15.9 Å². The largest absolute Gasteiger partial charge is 0.394 e. The van der Waals surface area contributed by atoms with Crippen LogP contribution in [0.3, 0.4) is 0 Å². The molecule has 1 fully saturated rings. The summed E-state index contributed by atoms with van der Waals surface area (Å²) in [5, 5.41) is 17.1. The maximum Gasteiger partial charge on any atom is 0.282 e. The summed E-state index contributed by atoms with van der Waals surface area (Å²) in [6.07, 6.45) is 5.62. The van der Waals surface area contributed by atoms with Gasteiger partial charge in [-0.3, -0.25) is 4.79 Å². The highest BCUT2D eigenvalue weighted by Gasteiger charge is 2.34. The first kappa shape index (κ1) is 14.5. The molecule has 0 bridgehead atoms. The smallest absolute Gasteiger partial charge is 0.282 e. The number of hydrogen-bond donors (Lipinski definition) is 2. The third-order valence-electron chi connectivity index (χ3n) is 4.01. The van der Waals surface area contributed by atoms with Gasteiger partial charge in [-0.2, -0.15) is 5.10 Å². The van der Waals surface area contributed by atoms with Crippen LogP contribution in [0.15, 0.2) is 15.5 Å². The summed E-state index contributed by atoms with van der Waals surface area (Å²) >= 11 is 3.31. The first-order valence-corrected chi connectivity index (χ1v) is 7.37. The molecule has 1 aromatic rings. The Morgan fingerprint density at radius 3 is 2.79 bits per heavy atom. The van der Waals surface area contributed by atoms with Gasteiger partial charge in [-0.25, -0.2) is 4.68 Å². The predicted octanol–water partition coefficient (Wildman–Crippen LogP) is 1.90. The van der Waals surface area contributed by atoms with E-state index in [2.05, 4.69) is 33.3 Å². The first-order valence-electron chi connectivity index (χ1n) is 6.58. The number of hydrogen-bond acceptors (Lipinski definition) is 4. The van der Waals surface area contributed by atoms with E-state index in [0.29, 0.717) is 16.1 Å². The molecule has 0 atom stereocenters. The van der Waals surface area contributed by atoms with Crippen LogP contribution < -0.4 is 10.9 Å². The van der Waals surface area contributed by atoms with E-state index < -0.39 is 0 Å². The maximum atomic E-state index is 11.8. The van der Waals surface area contributed by atoms with Crippen LogP contribution in [0.25, 0.3) is 0 Å². The number of aliphatic hydroxyl groups is 1. The van der Waals surface area contributed by atoms with E-state index in [-0.39, 0.29) is 17.7 Å². The van der Waals surface area contributed by atoms with Gasteiger partial charge in [0.2, 0.25) is 0 Å². The normalized spacial score (nSPS) is 27.3. The number of aryl methyl sites for hydroxylation is 1. The summed E-state index contributed by atoms with van der Waals surface area (Å²) in [6.45, 7) is 2.30. The number of aromatic nitrogens is 2. The Morgan fingerprint density at radius 1 is 1.58 bits per heavy atom. The zero-order valence-corrected chi connectivity index (χ0v) is 12.9. The monoisotopic (exact) mass is 329 g/mol. The van der Waals surface area contributed by atoms with Crippen LogP contribution in [-0.2, 0) is 7.05 Å². The van der Waals surface area contributed by atoms with Crippen molar-refractivity contribution < 1.29 is 5.11 Å². The molecule has 0 unspecified atom stereocenters. The molecule has 0 aliphatic heterocycles. The Hall–Kier alpha value is -0.880. The van der Waals surface area contributed by atoms with E-state index in [9.17, 15) is 9.90 Å². The predicted molar refractivity (Wildman–Crippen MR) is 78.2 cm³/mol. The highest BCUT2D eigenvalue weighted by atomic mass is 79.9. The molecule has 0 aromatic carbocycles. The molecule has 2 rings (SSSR count). The van der Waals surface area contributed by atoms with E-state index in [1.165, 1.54) is 4.68 Å². The molecule has 106 valence electrons. The lowest BCUT2D eigenvalue weighted by molar-refractivity contribution is 0.155. The van der Waals surface area contributed by atoms with Crippen LogP contribution in [0.1, 0.15) is 32.6 Å². The van der Waals surface area contributed by atoms with Crippen molar-refractivity contribution in [3.63, 3.8) is 0 Å². The van der Waals surface area contributed by atoms with Crippen molar-refractivity contribution in [2.45, 2.75) is 38.1 Å². The van der Waals surface area contributed by atoms with E-state index in [4.69, 9.17) is 0 Å². The molecule has 19 heavy (non-hydrogen) atoms. The third-order valence-corrected chi connectivity index (χ3v) is 4.78. The number of nitrogens with zero attached hydrogens (tertiary/aromatic N) is 2. The van der Waals surface area contributed by atoms with Gasteiger partial charge < -0.3 is 10.4 Å². The lowest BCUT2D eigenvalue weighted by Gasteiger charge is -2.39. The molecule has 0 spiro atoms. The Morgan fingerprint density at radius 2 is 2.21 bits per heavy atom. The molecule has 1 heterocycles. The van der Waals surface area contributed by atoms with Crippen LogP contribution in [0, 0.1) is 5.92 Å². The van der Waals surface area contributed by atoms with Crippen LogP contribution in [0.2, 0.25) is 0 Å². The second kappa shape index (κ2) is 5.63. The van der Waals surface area contributed by atoms with Gasteiger partial charge in [0.05, 0.1) is 24.0 Å². The summed E-state index contributed by atoms with van der Waals surface area (Å²) in [5.41, 5.74) is 0.150. The number of aliphatic hydroxyl groups excluding tert-OH is 1. The Balaban J connectivity index is 2.24. The van der Waals surface area contributed by atoms with E-state index in [1.807, 2.05) is 0 Å². The van der Waals surface area contributed by atoms with Gasteiger partial charge in [-0.1, -0.05) is 6.92 Å². The van der Waals surface area contributed by atoms with Crippen LogP contribution in [0.5, 0.6) is 0 Å². The van der Waals surface area contributed by atoms with Crippen molar-refractivity contribution in [1.29, 1.82) is 0 Å². The molecule has 0 saturated heterocycles. The number of rotatable bonds is 3. The van der Waals surface area contributed by atoms with E-state index >= 15 is 0 Å². The van der Waals surface area contributed by atoms with Gasteiger partial charge >= 0.3 is 0 Å². The van der Waals surface area contributed by atoms with Crippen molar-refractivity contribution >= 4 is 21.6 Å². The second-order valence-corrected chi connectivity index (χ2v) is 6.34. The summed E-state index contributed by atoms with van der Waals surface area (Å²) in [4.78, 5) is 11.8. The summed E-state index contributed by atoms with van der Waals surface area (Å²) in [5.74, 6) is 0.701. The van der Waals surface area contributed by atoms with Crippen molar-refractivity contribution in [2.24, 2.45) is 13.0 Å². The van der Waals surface area contributed by atoms with Crippen molar-refractivity contribution in [1.82, 2.24) is 9.78 Å². The maximum absolute atomic E-state index is 11.8. The van der Waals surface area contributed by atoms with Crippen molar-refractivity contribution in [2.75, 3.05) is 11.9 Å². The lowest BCUT2D eigenvalue weighted by Crippen LogP contribution is -2.45. The highest BCUT2D eigenvalue weighted by Crippen LogP contribution is 2.35. The Kier molecular flexibility index (Phi) is 4.30. The highest BCUT2D eigenvalue weighted by molar-refractivity contribution is 9.10. The van der Waals surface area contributed by atoms with E-state index in [0.717, 1.165) is 25.7 Å². The molecule has 1 saturated carbocycles. The number of anilines is 1. The van der Waals surface area contributed by atoms with Gasteiger partial charge in [0, 0.05) is 7.05 Å². The van der Waals surface area contributed by atoms with Gasteiger partial charge in [0.1, 0.15) is 4.47 Å². The fourth-order valence-electron chi connectivity index (χ4n) is 2.52. The summed E-state index contributed by atoms with van der Waals surface area (Å²) in [6, 6.07) is 0. The SMILES string of the molecule is CC1CCC(CO)(Nc2cnn(C)c(=O)c2Br)CC1. The second-order valence-electron chi connectivity index (χ2n) is 5.55. The molecular formula is C13H20BrN3O2. The lowest BCUT2D eigenvalue weighted by atomic mass is 9.77. The third kappa shape index (κ3) is 3.00. The molecule has 2 N–H and O–H groups in total. The summed E-state index contributed by atoms with van der Waals surface area (Å²) < 4.78 is 1.75. The Bertz CT molecular complexity index is 507. The fraction of sp³-hybridized carbons (Fsp3) is 0.692. The van der Waals surface area contributed by atoms with Gasteiger partial charge in [-0.15, -0.1) is 0 Å². The molecule has 1 aliphatic carbocycles. The average molecular weight is 330 g/mol.